The summed E-state index contributed by atoms with van der Waals surface area (Å²) in [7, 11) is 1.82. The van der Waals surface area contributed by atoms with Crippen LogP contribution in [0.2, 0.25) is 0 Å². The number of fused-ring (bicyclic) bond motifs is 2. The van der Waals surface area contributed by atoms with Crippen molar-refractivity contribution in [3.05, 3.63) is 97.6 Å². The van der Waals surface area contributed by atoms with Gasteiger partial charge in [0, 0.05) is 75.4 Å². The second-order valence-corrected chi connectivity index (χ2v) is 15.3. The minimum atomic E-state index is 0.0156. The van der Waals surface area contributed by atoms with E-state index in [1.165, 1.54) is 0 Å². The third-order valence-electron chi connectivity index (χ3n) is 11.2. The van der Waals surface area contributed by atoms with E-state index in [1.54, 1.807) is 29.7 Å². The number of piperidine rings is 1. The van der Waals surface area contributed by atoms with Crippen LogP contribution in [-0.4, -0.2) is 131 Å². The highest BCUT2D eigenvalue weighted by Gasteiger charge is 2.34. The first-order valence-electron chi connectivity index (χ1n) is 20.0. The van der Waals surface area contributed by atoms with Crippen LogP contribution in [0.1, 0.15) is 12.8 Å². The van der Waals surface area contributed by atoms with E-state index in [2.05, 4.69) is 65.0 Å². The molecule has 298 valence electrons. The van der Waals surface area contributed by atoms with E-state index in [0.717, 1.165) is 97.9 Å². The van der Waals surface area contributed by atoms with E-state index < -0.39 is 0 Å². The van der Waals surface area contributed by atoms with Crippen molar-refractivity contribution in [1.82, 2.24) is 34.8 Å². The van der Waals surface area contributed by atoms with E-state index in [0.29, 0.717) is 30.7 Å². The van der Waals surface area contributed by atoms with Gasteiger partial charge in [-0.25, -0.2) is 29.9 Å². The van der Waals surface area contributed by atoms with Crippen LogP contribution in [0.4, 0.5) is 23.3 Å². The van der Waals surface area contributed by atoms with Crippen LogP contribution in [0.25, 0.3) is 21.8 Å². The number of hydrogen-bond donors (Lipinski definition) is 1. The minimum Gasteiger partial charge on any atom is -0.468 e. The average Bonchev–Trinajstić information content (AvgIpc) is 3.24. The number of para-hydroxylation sites is 2. The van der Waals surface area contributed by atoms with Crippen molar-refractivity contribution in [2.24, 2.45) is 5.92 Å². The summed E-state index contributed by atoms with van der Waals surface area (Å²) < 4.78 is 12.3. The number of rotatable bonds is 9. The van der Waals surface area contributed by atoms with Gasteiger partial charge in [-0.3, -0.25) is 4.79 Å². The molecule has 4 aliphatic heterocycles. The maximum atomic E-state index is 12.1. The largest absolute Gasteiger partial charge is 0.468 e. The maximum absolute atomic E-state index is 12.1. The van der Waals surface area contributed by atoms with Crippen LogP contribution in [0.5, 0.6) is 11.8 Å². The van der Waals surface area contributed by atoms with Crippen molar-refractivity contribution in [2.45, 2.75) is 25.0 Å². The number of aromatic nitrogens is 6. The van der Waals surface area contributed by atoms with E-state index in [9.17, 15) is 9.90 Å². The Hall–Kier alpha value is -6.35. The summed E-state index contributed by atoms with van der Waals surface area (Å²) in [5.74, 6) is 4.78. The molecule has 1 N–H and O–H groups in total. The highest BCUT2D eigenvalue weighted by atomic mass is 16.5. The molecule has 2 aromatic carbocycles. The lowest BCUT2D eigenvalue weighted by molar-refractivity contribution is -0.129. The molecule has 1 atom stereocenters. The number of carbonyl (C=O) groups excluding carboxylic acids is 1. The molecule has 8 heterocycles. The molecule has 0 radical (unpaired) electrons. The fourth-order valence-corrected chi connectivity index (χ4v) is 7.76. The molecule has 6 aromatic rings. The zero-order valence-electron chi connectivity index (χ0n) is 32.5. The van der Waals surface area contributed by atoms with Crippen molar-refractivity contribution in [2.75, 3.05) is 92.2 Å². The van der Waals surface area contributed by atoms with Gasteiger partial charge in [-0.05, 0) is 55.2 Å². The quantitative estimate of drug-likeness (QED) is 0.225. The lowest BCUT2D eigenvalue weighted by atomic mass is 9.99. The lowest BCUT2D eigenvalue weighted by Crippen LogP contribution is -2.54. The van der Waals surface area contributed by atoms with E-state index in [-0.39, 0.29) is 30.6 Å². The van der Waals surface area contributed by atoms with Crippen LogP contribution in [0.15, 0.2) is 97.6 Å². The maximum Gasteiger partial charge on any atom is 0.258 e. The number of amides is 1. The number of anilines is 4. The highest BCUT2D eigenvalue weighted by Crippen LogP contribution is 2.32. The number of hydrogen-bond acceptors (Lipinski definition) is 14. The molecule has 0 saturated carbocycles. The molecule has 10 rings (SSSR count). The van der Waals surface area contributed by atoms with Gasteiger partial charge in [-0.2, -0.15) is 0 Å². The number of piperazine rings is 1. The molecule has 0 aliphatic carbocycles. The van der Waals surface area contributed by atoms with E-state index in [4.69, 9.17) is 19.4 Å². The molecule has 4 aromatic heterocycles. The number of likely N-dealkylation sites (N-methyl/N-ethyl adjacent to an activating group) is 1. The van der Waals surface area contributed by atoms with Crippen LogP contribution in [0.3, 0.4) is 0 Å². The Balaban J connectivity index is 0.000000150. The number of aliphatic hydroxyl groups excluding tert-OH is 1. The van der Waals surface area contributed by atoms with Crippen LogP contribution < -0.4 is 29.1 Å². The SMILES string of the molecule is CN1CCN(c2nccnc2OC2CN(c3ccc4ccccc4n3)C2)CC1=O.OCC1CCCN(c2nccnc2OC2CN(c3ccc4ccccc4n3)C2)C1. The van der Waals surface area contributed by atoms with Gasteiger partial charge in [-0.15, -0.1) is 0 Å². The average molecular weight is 782 g/mol. The molecule has 4 aliphatic rings. The zero-order valence-corrected chi connectivity index (χ0v) is 32.5. The van der Waals surface area contributed by atoms with Gasteiger partial charge >= 0.3 is 0 Å². The Bertz CT molecular complexity index is 2370. The molecule has 0 bridgehead atoms. The number of nitrogens with zero attached hydrogens (tertiary/aromatic N) is 11. The standard InChI is InChI=1S/C22H25N5O2.C21H22N6O2/c28-15-16-4-3-11-26(12-16)21-22(24-10-9-23-21)29-18-13-27(14-18)20-8-7-17-5-1-2-6-19(17)25-20;1-25-10-11-26(14-19(25)28)20-21(23-9-8-22-20)29-16-12-27(13-16)18-7-6-15-4-2-3-5-17(15)24-18/h1-2,5-10,16,18,28H,3-4,11-15H2;2-9,16H,10-14H2,1H3. The molecule has 4 saturated heterocycles. The lowest BCUT2D eigenvalue weighted by Gasteiger charge is -2.40. The smallest absolute Gasteiger partial charge is 0.258 e. The summed E-state index contributed by atoms with van der Waals surface area (Å²) in [6, 6.07) is 24.6. The number of benzene rings is 2. The first-order chi connectivity index (χ1) is 28.5. The Morgan fingerprint density at radius 3 is 1.71 bits per heavy atom. The first kappa shape index (κ1) is 37.2. The van der Waals surface area contributed by atoms with Crippen molar-refractivity contribution in [3.63, 3.8) is 0 Å². The predicted molar refractivity (Wildman–Crippen MR) is 223 cm³/mol. The summed E-state index contributed by atoms with van der Waals surface area (Å²) in [6.45, 7) is 6.64. The number of ether oxygens (including phenoxy) is 2. The number of pyridine rings is 2. The fourth-order valence-electron chi connectivity index (χ4n) is 7.76. The Morgan fingerprint density at radius 1 is 0.621 bits per heavy atom. The normalized spacial score (nSPS) is 18.8. The topological polar surface area (TPSA) is 149 Å². The molecule has 1 amide bonds. The molecule has 15 nitrogen and oxygen atoms in total. The zero-order chi connectivity index (χ0) is 39.4. The first-order valence-corrected chi connectivity index (χ1v) is 20.0. The van der Waals surface area contributed by atoms with Crippen molar-refractivity contribution in [1.29, 1.82) is 0 Å². The third-order valence-corrected chi connectivity index (χ3v) is 11.2. The summed E-state index contributed by atoms with van der Waals surface area (Å²) in [5, 5.41) is 11.8. The number of carbonyl (C=O) groups is 1. The molecular weight excluding hydrogens is 735 g/mol. The summed E-state index contributed by atoms with van der Waals surface area (Å²) in [4.78, 5) is 49.6. The Morgan fingerprint density at radius 2 is 1.16 bits per heavy atom. The van der Waals surface area contributed by atoms with Gasteiger partial charge in [0.1, 0.15) is 23.8 Å². The van der Waals surface area contributed by atoms with Crippen LogP contribution in [-0.2, 0) is 4.79 Å². The summed E-state index contributed by atoms with van der Waals surface area (Å²) in [6.07, 6.45) is 8.82. The van der Waals surface area contributed by atoms with Gasteiger partial charge < -0.3 is 39.1 Å². The molecule has 15 heteroatoms. The Kier molecular flexibility index (Phi) is 10.7. The second kappa shape index (κ2) is 16.6. The monoisotopic (exact) mass is 781 g/mol. The van der Waals surface area contributed by atoms with Gasteiger partial charge in [0.2, 0.25) is 5.91 Å². The van der Waals surface area contributed by atoms with Crippen molar-refractivity contribution >= 4 is 51.0 Å². The summed E-state index contributed by atoms with van der Waals surface area (Å²) in [5.41, 5.74) is 2.00. The third kappa shape index (κ3) is 8.07. The second-order valence-electron chi connectivity index (χ2n) is 15.3. The Labute approximate surface area is 336 Å². The summed E-state index contributed by atoms with van der Waals surface area (Å²) >= 11 is 0. The van der Waals surface area contributed by atoms with Gasteiger partial charge in [-0.1, -0.05) is 36.4 Å². The van der Waals surface area contributed by atoms with E-state index in [1.807, 2.05) is 54.4 Å². The highest BCUT2D eigenvalue weighted by molar-refractivity contribution is 5.83. The van der Waals surface area contributed by atoms with Crippen LogP contribution >= 0.6 is 0 Å². The minimum absolute atomic E-state index is 0.0156. The molecule has 58 heavy (non-hydrogen) atoms. The molecule has 1 unspecified atom stereocenters. The molecule has 4 fully saturated rings. The number of aliphatic hydroxyl groups is 1. The van der Waals surface area contributed by atoms with Crippen LogP contribution in [0, 0.1) is 5.92 Å². The van der Waals surface area contributed by atoms with Crippen molar-refractivity contribution in [3.8, 4) is 11.8 Å². The van der Waals surface area contributed by atoms with Gasteiger partial charge in [0.15, 0.2) is 11.6 Å². The van der Waals surface area contributed by atoms with E-state index >= 15 is 0 Å². The fraction of sp³-hybridized carbons (Fsp3) is 0.372. The molecular formula is C43H47N11O4. The van der Waals surface area contributed by atoms with Gasteiger partial charge in [0.05, 0.1) is 43.8 Å². The predicted octanol–water partition coefficient (Wildman–Crippen LogP) is 4.07. The molecule has 0 spiro atoms. The van der Waals surface area contributed by atoms with Crippen molar-refractivity contribution < 1.29 is 19.4 Å². The van der Waals surface area contributed by atoms with Gasteiger partial charge in [0.25, 0.3) is 11.8 Å².